The van der Waals surface area contributed by atoms with Crippen LogP contribution in [0.25, 0.3) is 11.3 Å². The summed E-state index contributed by atoms with van der Waals surface area (Å²) in [6, 6.07) is 9.86. The van der Waals surface area contributed by atoms with Crippen LogP contribution in [0.2, 0.25) is 0 Å². The van der Waals surface area contributed by atoms with Crippen molar-refractivity contribution in [2.75, 3.05) is 0 Å². The molecule has 0 N–H and O–H groups in total. The lowest BCUT2D eigenvalue weighted by atomic mass is 10.2. The van der Waals surface area contributed by atoms with Crippen LogP contribution in [0.1, 0.15) is 5.69 Å². The van der Waals surface area contributed by atoms with Gasteiger partial charge in [0.2, 0.25) is 0 Å². The highest BCUT2D eigenvalue weighted by atomic mass is 79.9. The topological polar surface area (TPSA) is 26.0 Å². The van der Waals surface area contributed by atoms with Gasteiger partial charge in [0, 0.05) is 21.4 Å². The van der Waals surface area contributed by atoms with E-state index in [0.717, 1.165) is 21.5 Å². The molecule has 0 aliphatic rings. The van der Waals surface area contributed by atoms with Crippen molar-refractivity contribution in [2.45, 2.75) is 5.33 Å². The molecule has 0 radical (unpaired) electrons. The van der Waals surface area contributed by atoms with Crippen molar-refractivity contribution in [2.24, 2.45) is 0 Å². The predicted molar refractivity (Wildman–Crippen MR) is 62.3 cm³/mol. The number of benzene rings is 1. The van der Waals surface area contributed by atoms with Gasteiger partial charge in [0.15, 0.2) is 5.76 Å². The lowest BCUT2D eigenvalue weighted by Crippen LogP contribution is -1.73. The Kier molecular flexibility index (Phi) is 3.03. The van der Waals surface area contributed by atoms with E-state index in [-0.39, 0.29) is 0 Å². The van der Waals surface area contributed by atoms with E-state index in [1.165, 1.54) is 0 Å². The average molecular weight is 317 g/mol. The zero-order chi connectivity index (χ0) is 9.97. The maximum atomic E-state index is 5.20. The third kappa shape index (κ3) is 2.07. The van der Waals surface area contributed by atoms with Gasteiger partial charge in [-0.1, -0.05) is 49.1 Å². The zero-order valence-electron chi connectivity index (χ0n) is 7.21. The summed E-state index contributed by atoms with van der Waals surface area (Å²) >= 11 is 6.74. The molecule has 0 unspecified atom stereocenters. The fourth-order valence-corrected chi connectivity index (χ4v) is 1.82. The molecule has 1 heterocycles. The SMILES string of the molecule is BrCc1cc(-c2cccc(Br)c2)on1. The van der Waals surface area contributed by atoms with Crippen LogP contribution >= 0.6 is 31.9 Å². The first kappa shape index (κ1) is 9.93. The summed E-state index contributed by atoms with van der Waals surface area (Å²) in [5.74, 6) is 0.792. The maximum Gasteiger partial charge on any atom is 0.167 e. The van der Waals surface area contributed by atoms with E-state index >= 15 is 0 Å². The maximum absolute atomic E-state index is 5.20. The summed E-state index contributed by atoms with van der Waals surface area (Å²) in [4.78, 5) is 0. The standard InChI is InChI=1S/C10H7Br2NO/c11-6-9-5-10(14-13-9)7-2-1-3-8(12)4-7/h1-5H,6H2. The first-order valence-electron chi connectivity index (χ1n) is 4.07. The summed E-state index contributed by atoms with van der Waals surface area (Å²) in [6.07, 6.45) is 0. The Hall–Kier alpha value is -0.610. The Morgan fingerprint density at radius 3 is 2.79 bits per heavy atom. The second-order valence-electron chi connectivity index (χ2n) is 2.83. The molecule has 0 atom stereocenters. The van der Waals surface area contributed by atoms with Crippen LogP contribution in [0.5, 0.6) is 0 Å². The molecule has 0 saturated heterocycles. The second kappa shape index (κ2) is 4.28. The monoisotopic (exact) mass is 315 g/mol. The van der Waals surface area contributed by atoms with Crippen molar-refractivity contribution in [3.8, 4) is 11.3 Å². The van der Waals surface area contributed by atoms with Crippen LogP contribution in [0.3, 0.4) is 0 Å². The third-order valence-electron chi connectivity index (χ3n) is 1.81. The lowest BCUT2D eigenvalue weighted by molar-refractivity contribution is 0.426. The highest BCUT2D eigenvalue weighted by Crippen LogP contribution is 2.24. The molecule has 0 bridgehead atoms. The second-order valence-corrected chi connectivity index (χ2v) is 4.30. The van der Waals surface area contributed by atoms with Gasteiger partial charge in [-0.05, 0) is 12.1 Å². The highest BCUT2D eigenvalue weighted by Gasteiger charge is 2.05. The van der Waals surface area contributed by atoms with Crippen molar-refractivity contribution in [3.05, 3.63) is 40.5 Å². The molecule has 0 amide bonds. The van der Waals surface area contributed by atoms with Gasteiger partial charge >= 0.3 is 0 Å². The minimum Gasteiger partial charge on any atom is -0.356 e. The van der Waals surface area contributed by atoms with Gasteiger partial charge in [0.25, 0.3) is 0 Å². The molecule has 2 rings (SSSR count). The van der Waals surface area contributed by atoms with E-state index in [1.807, 2.05) is 30.3 Å². The molecule has 2 nitrogen and oxygen atoms in total. The molecule has 0 fully saturated rings. The number of alkyl halides is 1. The summed E-state index contributed by atoms with van der Waals surface area (Å²) < 4.78 is 6.23. The van der Waals surface area contributed by atoms with Gasteiger partial charge in [0.1, 0.15) is 0 Å². The molecule has 1 aromatic heterocycles. The zero-order valence-corrected chi connectivity index (χ0v) is 10.4. The van der Waals surface area contributed by atoms with Gasteiger partial charge in [-0.15, -0.1) is 0 Å². The van der Waals surface area contributed by atoms with E-state index < -0.39 is 0 Å². The number of aromatic nitrogens is 1. The van der Waals surface area contributed by atoms with E-state index in [4.69, 9.17) is 4.52 Å². The Bertz CT molecular complexity index is 439. The lowest BCUT2D eigenvalue weighted by Gasteiger charge is -1.94. The molecule has 0 saturated carbocycles. The number of halogens is 2. The van der Waals surface area contributed by atoms with Crippen LogP contribution in [-0.2, 0) is 5.33 Å². The molecule has 14 heavy (non-hydrogen) atoms. The van der Waals surface area contributed by atoms with Crippen LogP contribution in [-0.4, -0.2) is 5.16 Å². The van der Waals surface area contributed by atoms with E-state index in [0.29, 0.717) is 5.33 Å². The van der Waals surface area contributed by atoms with Gasteiger partial charge in [0.05, 0.1) is 5.69 Å². The molecular formula is C10H7Br2NO. The van der Waals surface area contributed by atoms with Crippen molar-refractivity contribution in [1.29, 1.82) is 0 Å². The molecule has 72 valence electrons. The fraction of sp³-hybridized carbons (Fsp3) is 0.100. The number of hydrogen-bond acceptors (Lipinski definition) is 2. The van der Waals surface area contributed by atoms with Crippen LogP contribution in [0.4, 0.5) is 0 Å². The molecule has 2 aromatic rings. The first-order valence-corrected chi connectivity index (χ1v) is 5.98. The largest absolute Gasteiger partial charge is 0.356 e. The number of hydrogen-bond donors (Lipinski definition) is 0. The molecule has 1 aromatic carbocycles. The normalized spacial score (nSPS) is 10.4. The van der Waals surface area contributed by atoms with Gasteiger partial charge in [-0.25, -0.2) is 0 Å². The van der Waals surface area contributed by atoms with Crippen LogP contribution in [0, 0.1) is 0 Å². The Balaban J connectivity index is 2.39. The highest BCUT2D eigenvalue weighted by molar-refractivity contribution is 9.10. The molecule has 0 aliphatic heterocycles. The summed E-state index contributed by atoms with van der Waals surface area (Å²) in [7, 11) is 0. The fourth-order valence-electron chi connectivity index (χ4n) is 1.15. The number of rotatable bonds is 2. The van der Waals surface area contributed by atoms with Gasteiger partial charge in [-0.2, -0.15) is 0 Å². The van der Waals surface area contributed by atoms with E-state index in [1.54, 1.807) is 0 Å². The summed E-state index contributed by atoms with van der Waals surface area (Å²) in [6.45, 7) is 0. The van der Waals surface area contributed by atoms with Crippen molar-refractivity contribution in [1.82, 2.24) is 5.16 Å². The molecular weight excluding hydrogens is 310 g/mol. The molecule has 4 heteroatoms. The summed E-state index contributed by atoms with van der Waals surface area (Å²) in [5, 5.41) is 4.62. The first-order chi connectivity index (χ1) is 6.79. The Morgan fingerprint density at radius 2 is 2.14 bits per heavy atom. The van der Waals surface area contributed by atoms with Crippen molar-refractivity contribution in [3.63, 3.8) is 0 Å². The predicted octanol–water partition coefficient (Wildman–Crippen LogP) is 4.00. The van der Waals surface area contributed by atoms with Crippen molar-refractivity contribution >= 4 is 31.9 Å². The van der Waals surface area contributed by atoms with E-state index in [9.17, 15) is 0 Å². The van der Waals surface area contributed by atoms with Gasteiger partial charge in [-0.3, -0.25) is 0 Å². The van der Waals surface area contributed by atoms with E-state index in [2.05, 4.69) is 37.0 Å². The van der Waals surface area contributed by atoms with Crippen LogP contribution in [0.15, 0.2) is 39.3 Å². The van der Waals surface area contributed by atoms with Gasteiger partial charge < -0.3 is 4.52 Å². The number of nitrogens with zero attached hydrogens (tertiary/aromatic N) is 1. The quantitative estimate of drug-likeness (QED) is 0.783. The average Bonchev–Trinajstić information content (AvgIpc) is 2.66. The minimum absolute atomic E-state index is 0.713. The van der Waals surface area contributed by atoms with Crippen LogP contribution < -0.4 is 0 Å². The Labute approximate surface area is 98.6 Å². The Morgan fingerprint density at radius 1 is 1.29 bits per heavy atom. The smallest absolute Gasteiger partial charge is 0.167 e. The summed E-state index contributed by atoms with van der Waals surface area (Å²) in [5.41, 5.74) is 1.93. The molecule has 0 aliphatic carbocycles. The molecule has 0 spiro atoms. The minimum atomic E-state index is 0.713. The van der Waals surface area contributed by atoms with Crippen molar-refractivity contribution < 1.29 is 4.52 Å². The third-order valence-corrected chi connectivity index (χ3v) is 2.87.